The van der Waals surface area contributed by atoms with Gasteiger partial charge in [0.2, 0.25) is 5.91 Å². The van der Waals surface area contributed by atoms with Crippen molar-refractivity contribution in [2.24, 2.45) is 0 Å². The molecule has 25 heavy (non-hydrogen) atoms. The molecule has 1 amide bonds. The van der Waals surface area contributed by atoms with Crippen LogP contribution in [-0.2, 0) is 4.79 Å². The summed E-state index contributed by atoms with van der Waals surface area (Å²) in [6, 6.07) is 13.5. The number of imidazole rings is 1. The summed E-state index contributed by atoms with van der Waals surface area (Å²) in [5.41, 5.74) is 2.50. The molecule has 0 bridgehead atoms. The van der Waals surface area contributed by atoms with Crippen molar-refractivity contribution in [2.45, 2.75) is 32.6 Å². The Kier molecular flexibility index (Phi) is 5.33. The van der Waals surface area contributed by atoms with Gasteiger partial charge in [-0.25, -0.2) is 4.98 Å². The Morgan fingerprint density at radius 2 is 1.96 bits per heavy atom. The van der Waals surface area contributed by atoms with Gasteiger partial charge in [0.05, 0.1) is 7.11 Å². The van der Waals surface area contributed by atoms with E-state index in [4.69, 9.17) is 9.72 Å². The van der Waals surface area contributed by atoms with E-state index in [-0.39, 0.29) is 5.91 Å². The number of rotatable bonds is 7. The maximum Gasteiger partial charge on any atom is 0.225 e. The molecule has 0 radical (unpaired) electrons. The maximum atomic E-state index is 12.3. The van der Waals surface area contributed by atoms with E-state index >= 15 is 0 Å². The van der Waals surface area contributed by atoms with Gasteiger partial charge >= 0.3 is 0 Å². The van der Waals surface area contributed by atoms with Crippen LogP contribution in [0.3, 0.4) is 0 Å². The molecule has 0 aliphatic carbocycles. The normalized spacial score (nSPS) is 10.8. The Bertz CT molecular complexity index is 853. The summed E-state index contributed by atoms with van der Waals surface area (Å²) in [5.74, 6) is 1.52. The third kappa shape index (κ3) is 3.82. The molecule has 0 saturated carbocycles. The predicted molar refractivity (Wildman–Crippen MR) is 100.0 cm³/mol. The van der Waals surface area contributed by atoms with E-state index < -0.39 is 0 Å². The van der Waals surface area contributed by atoms with Gasteiger partial charge in [0.1, 0.15) is 22.9 Å². The molecule has 1 aromatic carbocycles. The first-order chi connectivity index (χ1) is 12.2. The van der Waals surface area contributed by atoms with Gasteiger partial charge in [0, 0.05) is 18.2 Å². The molecule has 0 spiro atoms. The van der Waals surface area contributed by atoms with Crippen molar-refractivity contribution in [3.63, 3.8) is 0 Å². The smallest absolute Gasteiger partial charge is 0.225 e. The lowest BCUT2D eigenvalue weighted by Crippen LogP contribution is -2.13. The van der Waals surface area contributed by atoms with E-state index in [1.54, 1.807) is 7.11 Å². The predicted octanol–water partition coefficient (Wildman–Crippen LogP) is 4.53. The zero-order chi connectivity index (χ0) is 17.6. The molecule has 0 unspecified atom stereocenters. The molecule has 1 N–H and O–H groups in total. The van der Waals surface area contributed by atoms with E-state index in [0.29, 0.717) is 12.2 Å². The van der Waals surface area contributed by atoms with Crippen LogP contribution >= 0.6 is 0 Å². The Morgan fingerprint density at radius 1 is 1.16 bits per heavy atom. The molecule has 0 aliphatic rings. The van der Waals surface area contributed by atoms with Gasteiger partial charge < -0.3 is 10.1 Å². The molecule has 0 aliphatic heterocycles. The lowest BCUT2D eigenvalue weighted by atomic mass is 10.1. The van der Waals surface area contributed by atoms with Crippen LogP contribution in [0.15, 0.2) is 48.7 Å². The molecule has 0 fully saturated rings. The average Bonchev–Trinajstić information content (AvgIpc) is 3.00. The quantitative estimate of drug-likeness (QED) is 0.645. The second-order valence-electron chi connectivity index (χ2n) is 5.97. The van der Waals surface area contributed by atoms with E-state index in [2.05, 4.69) is 12.2 Å². The number of anilines is 1. The molecule has 0 atom stereocenters. The lowest BCUT2D eigenvalue weighted by molar-refractivity contribution is -0.116. The highest BCUT2D eigenvalue weighted by molar-refractivity contribution is 5.94. The van der Waals surface area contributed by atoms with Gasteiger partial charge in [-0.15, -0.1) is 0 Å². The number of amides is 1. The second-order valence-corrected chi connectivity index (χ2v) is 5.97. The molecule has 5 nitrogen and oxygen atoms in total. The van der Waals surface area contributed by atoms with Crippen molar-refractivity contribution < 1.29 is 9.53 Å². The second kappa shape index (κ2) is 7.83. The monoisotopic (exact) mass is 337 g/mol. The summed E-state index contributed by atoms with van der Waals surface area (Å²) < 4.78 is 7.13. The number of ether oxygens (including phenoxy) is 1. The fraction of sp³-hybridized carbons (Fsp3) is 0.300. The maximum absolute atomic E-state index is 12.3. The highest BCUT2D eigenvalue weighted by atomic mass is 16.5. The van der Waals surface area contributed by atoms with Crippen LogP contribution in [0.5, 0.6) is 5.75 Å². The van der Waals surface area contributed by atoms with Gasteiger partial charge in [-0.05, 0) is 42.8 Å². The highest BCUT2D eigenvalue weighted by Crippen LogP contribution is 2.30. The number of hydrogen-bond donors (Lipinski definition) is 1. The largest absolute Gasteiger partial charge is 0.497 e. The van der Waals surface area contributed by atoms with Gasteiger partial charge in [-0.3, -0.25) is 9.20 Å². The minimum Gasteiger partial charge on any atom is -0.497 e. The van der Waals surface area contributed by atoms with Crippen LogP contribution in [0, 0.1) is 0 Å². The van der Waals surface area contributed by atoms with Gasteiger partial charge in [-0.1, -0.05) is 25.8 Å². The van der Waals surface area contributed by atoms with Gasteiger partial charge in [0.15, 0.2) is 0 Å². The van der Waals surface area contributed by atoms with E-state index in [1.807, 2.05) is 53.1 Å². The molecule has 2 aromatic heterocycles. The molecule has 0 saturated heterocycles. The molecule has 3 rings (SSSR count). The third-order valence-electron chi connectivity index (χ3n) is 4.16. The van der Waals surface area contributed by atoms with Crippen molar-refractivity contribution >= 4 is 17.4 Å². The molecule has 3 aromatic rings. The van der Waals surface area contributed by atoms with Crippen molar-refractivity contribution in [2.75, 3.05) is 12.4 Å². The van der Waals surface area contributed by atoms with E-state index in [1.165, 1.54) is 0 Å². The minimum absolute atomic E-state index is 0.0221. The number of carbonyl (C=O) groups excluding carboxylic acids is 1. The van der Waals surface area contributed by atoms with E-state index in [0.717, 1.165) is 41.9 Å². The van der Waals surface area contributed by atoms with Crippen LogP contribution < -0.4 is 10.1 Å². The summed E-state index contributed by atoms with van der Waals surface area (Å²) in [5, 5.41) is 3.05. The lowest BCUT2D eigenvalue weighted by Gasteiger charge is -2.08. The molecule has 130 valence electrons. The summed E-state index contributed by atoms with van der Waals surface area (Å²) >= 11 is 0. The highest BCUT2D eigenvalue weighted by Gasteiger charge is 2.16. The Labute approximate surface area is 147 Å². The minimum atomic E-state index is 0.0221. The number of carbonyl (C=O) groups is 1. The first kappa shape index (κ1) is 17.0. The Hall–Kier alpha value is -2.82. The number of benzene rings is 1. The molecular formula is C20H23N3O2. The molecular weight excluding hydrogens is 314 g/mol. The number of pyridine rings is 1. The van der Waals surface area contributed by atoms with Crippen LogP contribution in [-0.4, -0.2) is 22.4 Å². The number of nitrogens with zero attached hydrogens (tertiary/aromatic N) is 2. The standard InChI is InChI=1S/C20H23N3O2/c1-3-4-5-9-18(24)22-20-19(15-10-12-16(25-2)13-11-15)21-17-8-6-7-14-23(17)20/h6-8,10-14H,3-5,9H2,1-2H3,(H,22,24). The Morgan fingerprint density at radius 3 is 2.68 bits per heavy atom. The van der Waals surface area contributed by atoms with Crippen LogP contribution in [0.4, 0.5) is 5.82 Å². The topological polar surface area (TPSA) is 55.6 Å². The van der Waals surface area contributed by atoms with Crippen molar-refractivity contribution in [3.05, 3.63) is 48.7 Å². The first-order valence-corrected chi connectivity index (χ1v) is 8.64. The summed E-state index contributed by atoms with van der Waals surface area (Å²) in [6.45, 7) is 2.13. The molecule has 2 heterocycles. The fourth-order valence-corrected chi connectivity index (χ4v) is 2.80. The number of fused-ring (bicyclic) bond motifs is 1. The van der Waals surface area contributed by atoms with Crippen molar-refractivity contribution in [1.29, 1.82) is 0 Å². The van der Waals surface area contributed by atoms with Crippen LogP contribution in [0.25, 0.3) is 16.9 Å². The first-order valence-electron chi connectivity index (χ1n) is 8.64. The zero-order valence-electron chi connectivity index (χ0n) is 14.7. The summed E-state index contributed by atoms with van der Waals surface area (Å²) in [4.78, 5) is 17.0. The summed E-state index contributed by atoms with van der Waals surface area (Å²) in [6.07, 6.45) is 5.50. The van der Waals surface area contributed by atoms with Crippen molar-refractivity contribution in [3.8, 4) is 17.0 Å². The van der Waals surface area contributed by atoms with Crippen molar-refractivity contribution in [1.82, 2.24) is 9.38 Å². The fourth-order valence-electron chi connectivity index (χ4n) is 2.80. The number of nitrogens with one attached hydrogen (secondary N) is 1. The van der Waals surface area contributed by atoms with Crippen LogP contribution in [0.2, 0.25) is 0 Å². The number of unbranched alkanes of at least 4 members (excludes halogenated alkanes) is 2. The SMILES string of the molecule is CCCCCC(=O)Nc1c(-c2ccc(OC)cc2)nc2ccccn12. The zero-order valence-corrected chi connectivity index (χ0v) is 14.7. The number of aromatic nitrogens is 2. The number of methoxy groups -OCH3 is 1. The Balaban J connectivity index is 1.95. The summed E-state index contributed by atoms with van der Waals surface area (Å²) in [7, 11) is 1.64. The van der Waals surface area contributed by atoms with Crippen LogP contribution in [0.1, 0.15) is 32.6 Å². The molecule has 5 heteroatoms. The van der Waals surface area contributed by atoms with E-state index in [9.17, 15) is 4.79 Å². The van der Waals surface area contributed by atoms with Gasteiger partial charge in [-0.2, -0.15) is 0 Å². The number of hydrogen-bond acceptors (Lipinski definition) is 3. The van der Waals surface area contributed by atoms with Gasteiger partial charge in [0.25, 0.3) is 0 Å². The average molecular weight is 337 g/mol. The third-order valence-corrected chi connectivity index (χ3v) is 4.16.